The molecular weight excluding hydrogens is 442 g/mol. The quantitative estimate of drug-likeness (QED) is 0.497. The third-order valence-corrected chi connectivity index (χ3v) is 8.02. The second-order valence-electron chi connectivity index (χ2n) is 9.60. The smallest absolute Gasteiger partial charge is 0.274 e. The van der Waals surface area contributed by atoms with E-state index >= 15 is 0 Å². The maximum atomic E-state index is 13.8. The lowest BCUT2D eigenvalue weighted by Crippen LogP contribution is -2.49. The minimum absolute atomic E-state index is 0.00627. The molecule has 1 saturated carbocycles. The number of nitrogens with zero attached hydrogens (tertiary/aromatic N) is 2. The molecule has 2 aliphatic rings. The predicted molar refractivity (Wildman–Crippen MR) is 136 cm³/mol. The fourth-order valence-corrected chi connectivity index (χ4v) is 5.83. The minimum atomic E-state index is -0.0910. The number of nitrogens with one attached hydrogen (secondary N) is 1. The fraction of sp³-hybridized carbons (Fsp3) is 0.393. The molecule has 34 heavy (non-hydrogen) atoms. The molecule has 2 aromatic carbocycles. The van der Waals surface area contributed by atoms with Crippen LogP contribution in [0.1, 0.15) is 75.0 Å². The van der Waals surface area contributed by atoms with Crippen molar-refractivity contribution in [2.24, 2.45) is 0 Å². The van der Waals surface area contributed by atoms with Gasteiger partial charge in [-0.2, -0.15) is 0 Å². The summed E-state index contributed by atoms with van der Waals surface area (Å²) in [4.78, 5) is 34.4. The molecule has 2 amide bonds. The number of hydrogen-bond donors (Lipinski definition) is 1. The number of carbonyl (C=O) groups excluding carboxylic acids is 2. The molecule has 1 aliphatic carbocycles. The molecule has 0 spiro atoms. The van der Waals surface area contributed by atoms with Gasteiger partial charge in [0.15, 0.2) is 0 Å². The molecule has 1 aromatic heterocycles. The number of aryl methyl sites for hydroxylation is 2. The second kappa shape index (κ2) is 9.71. The van der Waals surface area contributed by atoms with Gasteiger partial charge in [-0.1, -0.05) is 47.5 Å². The van der Waals surface area contributed by atoms with E-state index in [2.05, 4.69) is 36.5 Å². The first-order chi connectivity index (χ1) is 16.5. The molecule has 0 radical (unpaired) electrons. The summed E-state index contributed by atoms with van der Waals surface area (Å²) in [6.45, 7) is 5.21. The zero-order valence-corrected chi connectivity index (χ0v) is 20.7. The molecule has 1 aliphatic heterocycles. The highest BCUT2D eigenvalue weighted by Crippen LogP contribution is 2.45. The number of rotatable bonds is 6. The maximum absolute atomic E-state index is 13.8. The normalized spacial score (nSPS) is 18.1. The molecular formula is C28H31N3O2S. The topological polar surface area (TPSA) is 62.3 Å². The van der Waals surface area contributed by atoms with Gasteiger partial charge in [0.2, 0.25) is 0 Å². The second-order valence-corrected chi connectivity index (χ2v) is 10.6. The van der Waals surface area contributed by atoms with E-state index in [-0.39, 0.29) is 17.9 Å². The molecule has 1 atom stereocenters. The van der Waals surface area contributed by atoms with E-state index in [1.54, 1.807) is 11.3 Å². The molecule has 1 N–H and O–H groups in total. The van der Waals surface area contributed by atoms with Crippen LogP contribution in [0.15, 0.2) is 48.5 Å². The van der Waals surface area contributed by atoms with Crippen LogP contribution in [0.4, 0.5) is 0 Å². The van der Waals surface area contributed by atoms with Crippen molar-refractivity contribution in [3.8, 4) is 10.4 Å². The predicted octanol–water partition coefficient (Wildman–Crippen LogP) is 5.73. The first-order valence-electron chi connectivity index (χ1n) is 12.2. The Kier molecular flexibility index (Phi) is 6.50. The molecule has 0 bridgehead atoms. The van der Waals surface area contributed by atoms with Gasteiger partial charge >= 0.3 is 0 Å². The third kappa shape index (κ3) is 4.92. The van der Waals surface area contributed by atoms with Gasteiger partial charge in [-0.25, -0.2) is 4.98 Å². The lowest BCUT2D eigenvalue weighted by atomic mass is 10.0. The summed E-state index contributed by atoms with van der Waals surface area (Å²) in [6.07, 6.45) is 5.24. The summed E-state index contributed by atoms with van der Waals surface area (Å²) < 4.78 is 0. The maximum Gasteiger partial charge on any atom is 0.274 e. The van der Waals surface area contributed by atoms with Gasteiger partial charge in [0.25, 0.3) is 11.8 Å². The number of hydrogen-bond acceptors (Lipinski definition) is 4. The third-order valence-electron chi connectivity index (χ3n) is 6.75. The van der Waals surface area contributed by atoms with Crippen molar-refractivity contribution >= 4 is 23.2 Å². The van der Waals surface area contributed by atoms with E-state index < -0.39 is 0 Å². The van der Waals surface area contributed by atoms with E-state index in [1.165, 1.54) is 5.56 Å². The van der Waals surface area contributed by atoms with Gasteiger partial charge in [-0.15, -0.1) is 11.3 Å². The summed E-state index contributed by atoms with van der Waals surface area (Å²) in [6, 6.07) is 15.9. The Morgan fingerprint density at radius 3 is 2.56 bits per heavy atom. The average Bonchev–Trinajstić information content (AvgIpc) is 3.61. The molecule has 2 fully saturated rings. The van der Waals surface area contributed by atoms with Crippen LogP contribution in [0.3, 0.4) is 0 Å². The first-order valence-corrected chi connectivity index (χ1v) is 13.0. The van der Waals surface area contributed by atoms with Gasteiger partial charge in [-0.3, -0.25) is 9.59 Å². The van der Waals surface area contributed by atoms with Crippen LogP contribution in [0, 0.1) is 13.8 Å². The van der Waals surface area contributed by atoms with Crippen LogP contribution in [0.2, 0.25) is 0 Å². The molecule has 6 heteroatoms. The fourth-order valence-electron chi connectivity index (χ4n) is 4.60. The Balaban J connectivity index is 1.37. The highest BCUT2D eigenvalue weighted by molar-refractivity contribution is 7.15. The number of amides is 2. The monoisotopic (exact) mass is 473 g/mol. The zero-order valence-electron chi connectivity index (χ0n) is 19.8. The van der Waals surface area contributed by atoms with Gasteiger partial charge in [0.1, 0.15) is 5.69 Å². The highest BCUT2D eigenvalue weighted by atomic mass is 32.1. The van der Waals surface area contributed by atoms with Crippen molar-refractivity contribution in [3.05, 3.63) is 75.9 Å². The molecule has 1 unspecified atom stereocenters. The summed E-state index contributed by atoms with van der Waals surface area (Å²) in [5, 5.41) is 4.15. The molecule has 1 saturated heterocycles. The van der Waals surface area contributed by atoms with E-state index in [0.29, 0.717) is 30.3 Å². The van der Waals surface area contributed by atoms with Crippen LogP contribution in [-0.2, 0) is 0 Å². The van der Waals surface area contributed by atoms with Gasteiger partial charge in [0.05, 0.1) is 9.88 Å². The molecule has 2 heterocycles. The number of piperidine rings is 1. The highest BCUT2D eigenvalue weighted by Gasteiger charge is 2.34. The molecule has 3 aromatic rings. The lowest BCUT2D eigenvalue weighted by Gasteiger charge is -2.35. The van der Waals surface area contributed by atoms with Crippen LogP contribution in [0.25, 0.3) is 10.4 Å². The minimum Gasteiger partial charge on any atom is -0.350 e. The largest absolute Gasteiger partial charge is 0.350 e. The number of likely N-dealkylation sites (tertiary alicyclic amines) is 1. The Hall–Kier alpha value is -2.99. The van der Waals surface area contributed by atoms with E-state index in [1.807, 2.05) is 36.1 Å². The van der Waals surface area contributed by atoms with E-state index in [9.17, 15) is 9.59 Å². The standard InChI is InChI=1S/C28H31N3O2S/c1-18-9-11-20(12-10-18)25-24(30-27(34-25)21-13-14-21)28(33)31-15-4-3-8-23(31)17-29-26(32)22-7-5-6-19(2)16-22/h5-7,9-12,16,21,23H,3-4,8,13-15,17H2,1-2H3,(H,29,32). The summed E-state index contributed by atoms with van der Waals surface area (Å²) in [5.41, 5.74) is 4.54. The van der Waals surface area contributed by atoms with Crippen LogP contribution in [-0.4, -0.2) is 40.8 Å². The zero-order chi connectivity index (χ0) is 23.7. The van der Waals surface area contributed by atoms with Gasteiger partial charge in [0, 0.05) is 30.6 Å². The Morgan fingerprint density at radius 1 is 1.03 bits per heavy atom. The SMILES string of the molecule is Cc1ccc(-c2sc(C3CC3)nc2C(=O)N2CCCCC2CNC(=O)c2cccc(C)c2)cc1. The Morgan fingerprint density at radius 2 is 1.82 bits per heavy atom. The first kappa shape index (κ1) is 22.8. The van der Waals surface area contributed by atoms with Crippen molar-refractivity contribution in [2.75, 3.05) is 13.1 Å². The van der Waals surface area contributed by atoms with Crippen molar-refractivity contribution in [1.82, 2.24) is 15.2 Å². The van der Waals surface area contributed by atoms with Crippen LogP contribution >= 0.6 is 11.3 Å². The Bertz CT molecular complexity index is 1200. The summed E-state index contributed by atoms with van der Waals surface area (Å²) >= 11 is 1.67. The van der Waals surface area contributed by atoms with Crippen LogP contribution < -0.4 is 5.32 Å². The molecule has 5 rings (SSSR count). The van der Waals surface area contributed by atoms with E-state index in [0.717, 1.165) is 53.1 Å². The summed E-state index contributed by atoms with van der Waals surface area (Å²) in [5.74, 6) is 0.404. The Labute approximate surface area is 205 Å². The number of aromatic nitrogens is 1. The lowest BCUT2D eigenvalue weighted by molar-refractivity contribution is 0.0598. The summed E-state index contributed by atoms with van der Waals surface area (Å²) in [7, 11) is 0. The number of thiazole rings is 1. The number of benzene rings is 2. The van der Waals surface area contributed by atoms with Crippen molar-refractivity contribution in [3.63, 3.8) is 0 Å². The van der Waals surface area contributed by atoms with Crippen molar-refractivity contribution < 1.29 is 9.59 Å². The average molecular weight is 474 g/mol. The van der Waals surface area contributed by atoms with E-state index in [4.69, 9.17) is 4.98 Å². The van der Waals surface area contributed by atoms with Crippen LogP contribution in [0.5, 0.6) is 0 Å². The number of carbonyl (C=O) groups is 2. The van der Waals surface area contributed by atoms with Gasteiger partial charge < -0.3 is 10.2 Å². The van der Waals surface area contributed by atoms with Crippen molar-refractivity contribution in [1.29, 1.82) is 0 Å². The van der Waals surface area contributed by atoms with Crippen molar-refractivity contribution in [2.45, 2.75) is 57.9 Å². The molecule has 176 valence electrons. The molecule has 5 nitrogen and oxygen atoms in total. The van der Waals surface area contributed by atoms with Gasteiger partial charge in [-0.05, 0) is 63.6 Å².